The van der Waals surface area contributed by atoms with E-state index in [2.05, 4.69) is 15.7 Å². The fraction of sp³-hybridized carbons (Fsp3) is 0.412. The van der Waals surface area contributed by atoms with Crippen molar-refractivity contribution in [2.45, 2.75) is 19.3 Å². The molecule has 1 aromatic carbocycles. The lowest BCUT2D eigenvalue weighted by molar-refractivity contribution is -0.120. The van der Waals surface area contributed by atoms with Crippen molar-refractivity contribution in [1.29, 1.82) is 0 Å². The van der Waals surface area contributed by atoms with Crippen molar-refractivity contribution in [2.24, 2.45) is 5.92 Å². The van der Waals surface area contributed by atoms with Crippen LogP contribution in [0.2, 0.25) is 0 Å². The van der Waals surface area contributed by atoms with E-state index in [-0.39, 0.29) is 18.3 Å². The van der Waals surface area contributed by atoms with Crippen molar-refractivity contribution in [2.75, 3.05) is 19.6 Å². The van der Waals surface area contributed by atoms with Gasteiger partial charge in [0, 0.05) is 18.9 Å². The molecular weight excluding hydrogens is 312 g/mol. The number of nitrogens with one attached hydrogen (secondary N) is 2. The van der Waals surface area contributed by atoms with Crippen LogP contribution in [0.4, 0.5) is 0 Å². The van der Waals surface area contributed by atoms with Crippen LogP contribution in [-0.4, -0.2) is 35.3 Å². The Hall–Kier alpha value is -1.85. The van der Waals surface area contributed by atoms with Crippen molar-refractivity contribution >= 4 is 18.3 Å². The van der Waals surface area contributed by atoms with Crippen molar-refractivity contribution in [3.05, 3.63) is 48.3 Å². The minimum atomic E-state index is 0. The summed E-state index contributed by atoms with van der Waals surface area (Å²) in [7, 11) is 0. The molecule has 2 aromatic rings. The Labute approximate surface area is 142 Å². The van der Waals surface area contributed by atoms with Crippen LogP contribution in [0.25, 0.3) is 5.69 Å². The van der Waals surface area contributed by atoms with Gasteiger partial charge in [-0.1, -0.05) is 12.1 Å². The second-order valence-electron chi connectivity index (χ2n) is 5.79. The van der Waals surface area contributed by atoms with Gasteiger partial charge >= 0.3 is 0 Å². The van der Waals surface area contributed by atoms with E-state index in [4.69, 9.17) is 0 Å². The number of carbonyl (C=O) groups is 1. The van der Waals surface area contributed by atoms with Crippen LogP contribution in [0.3, 0.4) is 0 Å². The lowest BCUT2D eigenvalue weighted by atomic mass is 10.1. The third-order valence-corrected chi connectivity index (χ3v) is 4.11. The molecule has 1 aliphatic rings. The number of amides is 1. The molecule has 1 atom stereocenters. The molecule has 1 amide bonds. The summed E-state index contributed by atoms with van der Waals surface area (Å²) in [6.45, 7) is 2.97. The third-order valence-electron chi connectivity index (χ3n) is 4.11. The maximum absolute atomic E-state index is 12.0. The van der Waals surface area contributed by atoms with Gasteiger partial charge in [0.1, 0.15) is 0 Å². The molecule has 1 aromatic heterocycles. The van der Waals surface area contributed by atoms with Gasteiger partial charge in [-0.15, -0.1) is 12.4 Å². The molecule has 23 heavy (non-hydrogen) atoms. The van der Waals surface area contributed by atoms with Gasteiger partial charge in [-0.05, 0) is 55.6 Å². The zero-order valence-corrected chi connectivity index (χ0v) is 13.9. The van der Waals surface area contributed by atoms with Crippen LogP contribution in [0.15, 0.2) is 42.7 Å². The summed E-state index contributed by atoms with van der Waals surface area (Å²) < 4.78 is 1.81. The second-order valence-corrected chi connectivity index (χ2v) is 5.79. The van der Waals surface area contributed by atoms with Crippen LogP contribution in [0.5, 0.6) is 0 Å². The van der Waals surface area contributed by atoms with E-state index in [0.29, 0.717) is 12.3 Å². The standard InChI is InChI=1S/C17H22N4O.ClH/c22-17(19-10-7-15-6-9-18-13-15)12-14-2-4-16(5-3-14)21-11-1-8-20-21;/h1-5,8,11,15,18H,6-7,9-10,12-13H2,(H,19,22);1H. The molecule has 5 nitrogen and oxygen atoms in total. The fourth-order valence-corrected chi connectivity index (χ4v) is 2.81. The van der Waals surface area contributed by atoms with E-state index in [1.165, 1.54) is 6.42 Å². The molecule has 1 unspecified atom stereocenters. The quantitative estimate of drug-likeness (QED) is 0.849. The molecule has 3 rings (SSSR count). The summed E-state index contributed by atoms with van der Waals surface area (Å²) in [6.07, 6.45) is 6.38. The van der Waals surface area contributed by atoms with Crippen molar-refractivity contribution < 1.29 is 4.79 Å². The van der Waals surface area contributed by atoms with Gasteiger partial charge in [0.15, 0.2) is 0 Å². The van der Waals surface area contributed by atoms with Gasteiger partial charge in [0.05, 0.1) is 12.1 Å². The molecular formula is C17H23ClN4O. The summed E-state index contributed by atoms with van der Waals surface area (Å²) in [5.74, 6) is 0.812. The number of benzene rings is 1. The van der Waals surface area contributed by atoms with Crippen molar-refractivity contribution in [3.8, 4) is 5.69 Å². The Bertz CT molecular complexity index is 592. The van der Waals surface area contributed by atoms with Crippen molar-refractivity contribution in [3.63, 3.8) is 0 Å². The zero-order valence-electron chi connectivity index (χ0n) is 13.1. The highest BCUT2D eigenvalue weighted by Gasteiger charge is 2.14. The molecule has 0 radical (unpaired) electrons. The highest BCUT2D eigenvalue weighted by molar-refractivity contribution is 5.85. The summed E-state index contributed by atoms with van der Waals surface area (Å²) >= 11 is 0. The van der Waals surface area contributed by atoms with E-state index < -0.39 is 0 Å². The molecule has 1 saturated heterocycles. The average molecular weight is 335 g/mol. The first-order valence-corrected chi connectivity index (χ1v) is 7.87. The fourth-order valence-electron chi connectivity index (χ4n) is 2.81. The minimum Gasteiger partial charge on any atom is -0.356 e. The smallest absolute Gasteiger partial charge is 0.224 e. The minimum absolute atomic E-state index is 0. The van der Waals surface area contributed by atoms with E-state index >= 15 is 0 Å². The number of carbonyl (C=O) groups excluding carboxylic acids is 1. The van der Waals surface area contributed by atoms with Gasteiger partial charge in [0.2, 0.25) is 5.91 Å². The van der Waals surface area contributed by atoms with Crippen LogP contribution in [0.1, 0.15) is 18.4 Å². The molecule has 0 saturated carbocycles. The Morgan fingerprint density at radius 1 is 1.35 bits per heavy atom. The van der Waals surface area contributed by atoms with Crippen molar-refractivity contribution in [1.82, 2.24) is 20.4 Å². The number of aromatic nitrogens is 2. The summed E-state index contributed by atoms with van der Waals surface area (Å²) in [6, 6.07) is 9.83. The van der Waals surface area contributed by atoms with Gasteiger partial charge in [-0.2, -0.15) is 5.10 Å². The van der Waals surface area contributed by atoms with Crippen LogP contribution >= 0.6 is 12.4 Å². The predicted octanol–water partition coefficient (Wildman–Crippen LogP) is 1.95. The molecule has 0 bridgehead atoms. The SMILES string of the molecule is Cl.O=C(Cc1ccc(-n2cccn2)cc1)NCCC1CCNC1. The Balaban J connectivity index is 0.00000192. The van der Waals surface area contributed by atoms with Crippen LogP contribution in [-0.2, 0) is 11.2 Å². The molecule has 2 heterocycles. The number of hydrogen-bond acceptors (Lipinski definition) is 3. The van der Waals surface area contributed by atoms with E-state index in [9.17, 15) is 4.79 Å². The number of nitrogens with zero attached hydrogens (tertiary/aromatic N) is 2. The largest absolute Gasteiger partial charge is 0.356 e. The summed E-state index contributed by atoms with van der Waals surface area (Å²) in [5.41, 5.74) is 2.03. The number of rotatable bonds is 6. The highest BCUT2D eigenvalue weighted by Crippen LogP contribution is 2.11. The van der Waals surface area contributed by atoms with Gasteiger partial charge in [0.25, 0.3) is 0 Å². The molecule has 0 spiro atoms. The van der Waals surface area contributed by atoms with Gasteiger partial charge < -0.3 is 10.6 Å². The predicted molar refractivity (Wildman–Crippen MR) is 93.1 cm³/mol. The Morgan fingerprint density at radius 3 is 2.83 bits per heavy atom. The van der Waals surface area contributed by atoms with Crippen LogP contribution < -0.4 is 10.6 Å². The maximum Gasteiger partial charge on any atom is 0.224 e. The molecule has 0 aliphatic carbocycles. The topological polar surface area (TPSA) is 59.0 Å². The Kier molecular flexibility index (Phi) is 6.62. The molecule has 124 valence electrons. The van der Waals surface area contributed by atoms with E-state index in [0.717, 1.165) is 37.3 Å². The second kappa shape index (κ2) is 8.70. The average Bonchev–Trinajstić information content (AvgIpc) is 3.21. The molecule has 2 N–H and O–H groups in total. The number of hydrogen-bond donors (Lipinski definition) is 2. The summed E-state index contributed by atoms with van der Waals surface area (Å²) in [5, 5.41) is 10.6. The highest BCUT2D eigenvalue weighted by atomic mass is 35.5. The monoisotopic (exact) mass is 334 g/mol. The lowest BCUT2D eigenvalue weighted by Crippen LogP contribution is -2.27. The van der Waals surface area contributed by atoms with Gasteiger partial charge in [-0.3, -0.25) is 4.79 Å². The zero-order chi connectivity index (χ0) is 15.2. The first kappa shape index (κ1) is 17.5. The lowest BCUT2D eigenvalue weighted by Gasteiger charge is -2.09. The normalized spacial score (nSPS) is 16.8. The van der Waals surface area contributed by atoms with Crippen LogP contribution in [0, 0.1) is 5.92 Å². The Morgan fingerprint density at radius 2 is 2.17 bits per heavy atom. The van der Waals surface area contributed by atoms with E-state index in [1.54, 1.807) is 10.9 Å². The third kappa shape index (κ3) is 5.08. The first-order valence-electron chi connectivity index (χ1n) is 7.87. The molecule has 6 heteroatoms. The maximum atomic E-state index is 12.0. The number of halogens is 1. The summed E-state index contributed by atoms with van der Waals surface area (Å²) in [4.78, 5) is 12.0. The first-order chi connectivity index (χ1) is 10.8. The molecule has 1 fully saturated rings. The molecule has 1 aliphatic heterocycles. The van der Waals surface area contributed by atoms with E-state index in [1.807, 2.05) is 36.5 Å². The van der Waals surface area contributed by atoms with Gasteiger partial charge in [-0.25, -0.2) is 4.68 Å².